The van der Waals surface area contributed by atoms with Crippen molar-refractivity contribution in [3.05, 3.63) is 23.8 Å². The van der Waals surface area contributed by atoms with Gasteiger partial charge in [-0.05, 0) is 24.6 Å². The van der Waals surface area contributed by atoms with E-state index in [1.54, 1.807) is 12.1 Å². The highest BCUT2D eigenvalue weighted by Gasteiger charge is 2.19. The lowest BCUT2D eigenvalue weighted by atomic mass is 10.2. The summed E-state index contributed by atoms with van der Waals surface area (Å²) in [5, 5.41) is 8.39. The molecule has 16 heavy (non-hydrogen) atoms. The molecular formula is C11H15NO3S. The summed E-state index contributed by atoms with van der Waals surface area (Å²) in [6.45, 7) is 2.10. The Hall–Kier alpha value is -1.20. The molecule has 0 bridgehead atoms. The molecule has 0 saturated carbocycles. The lowest BCUT2D eigenvalue weighted by molar-refractivity contribution is -0.137. The number of methoxy groups -OCH3 is 1. The van der Waals surface area contributed by atoms with Gasteiger partial charge in [0.2, 0.25) is 0 Å². The summed E-state index contributed by atoms with van der Waals surface area (Å²) >= 11 is 1.26. The van der Waals surface area contributed by atoms with Crippen molar-refractivity contribution in [3.8, 4) is 0 Å². The minimum Gasteiger partial charge on any atom is -0.480 e. The molecule has 88 valence electrons. The molecule has 1 atom stereocenters. The monoisotopic (exact) mass is 241 g/mol. The zero-order valence-corrected chi connectivity index (χ0v) is 10.1. The molecule has 4 nitrogen and oxygen atoms in total. The van der Waals surface area contributed by atoms with Gasteiger partial charge in [0.05, 0.1) is 6.61 Å². The summed E-state index contributed by atoms with van der Waals surface area (Å²) in [6, 6.07) is 5.46. The number of aryl methyl sites for hydroxylation is 1. The first kappa shape index (κ1) is 12.9. The molecule has 0 fully saturated rings. The molecule has 0 spiro atoms. The number of nitrogen functional groups attached to an aromatic ring is 1. The van der Waals surface area contributed by atoms with Crippen molar-refractivity contribution < 1.29 is 14.6 Å². The molecule has 0 heterocycles. The van der Waals surface area contributed by atoms with Crippen LogP contribution in [0.2, 0.25) is 0 Å². The Balaban J connectivity index is 2.84. The average Bonchev–Trinajstić information content (AvgIpc) is 2.22. The van der Waals surface area contributed by atoms with Gasteiger partial charge in [-0.25, -0.2) is 0 Å². The van der Waals surface area contributed by atoms with Crippen LogP contribution in [0.15, 0.2) is 23.1 Å². The largest absolute Gasteiger partial charge is 0.480 e. The maximum absolute atomic E-state index is 11.0. The minimum atomic E-state index is -0.881. The molecule has 1 aromatic rings. The molecule has 0 radical (unpaired) electrons. The predicted molar refractivity (Wildman–Crippen MR) is 64.7 cm³/mol. The fourth-order valence-electron chi connectivity index (χ4n) is 1.20. The first-order valence-electron chi connectivity index (χ1n) is 4.79. The topological polar surface area (TPSA) is 72.5 Å². The molecule has 1 rings (SSSR count). The van der Waals surface area contributed by atoms with Crippen molar-refractivity contribution in [2.45, 2.75) is 17.1 Å². The standard InChI is InChI=1S/C11H15NO3S/c1-7-3-4-8(12)5-9(7)16-10(6-15-2)11(13)14/h3-5,10H,6,12H2,1-2H3,(H,13,14). The molecule has 0 amide bonds. The average molecular weight is 241 g/mol. The second-order valence-corrected chi connectivity index (χ2v) is 4.67. The number of hydrogen-bond acceptors (Lipinski definition) is 4. The van der Waals surface area contributed by atoms with Crippen LogP contribution < -0.4 is 5.73 Å². The number of benzene rings is 1. The Bertz CT molecular complexity index is 381. The van der Waals surface area contributed by atoms with Crippen molar-refractivity contribution in [2.24, 2.45) is 0 Å². The highest BCUT2D eigenvalue weighted by molar-refractivity contribution is 8.00. The zero-order chi connectivity index (χ0) is 12.1. The van der Waals surface area contributed by atoms with E-state index in [4.69, 9.17) is 15.6 Å². The Morgan fingerprint density at radius 3 is 2.88 bits per heavy atom. The summed E-state index contributed by atoms with van der Waals surface area (Å²) in [5.41, 5.74) is 7.31. The second-order valence-electron chi connectivity index (χ2n) is 3.43. The van der Waals surface area contributed by atoms with Gasteiger partial charge in [-0.15, -0.1) is 11.8 Å². The number of aliphatic carboxylic acids is 1. The van der Waals surface area contributed by atoms with Crippen LogP contribution in [0.25, 0.3) is 0 Å². The number of carbonyl (C=O) groups is 1. The van der Waals surface area contributed by atoms with E-state index >= 15 is 0 Å². The number of carboxylic acids is 1. The Kier molecular flexibility index (Phi) is 4.64. The Morgan fingerprint density at radius 1 is 1.62 bits per heavy atom. The predicted octanol–water partition coefficient (Wildman–Crippen LogP) is 1.77. The first-order chi connectivity index (χ1) is 7.54. The third-order valence-corrected chi connectivity index (χ3v) is 3.39. The lowest BCUT2D eigenvalue weighted by Gasteiger charge is -2.13. The molecule has 1 unspecified atom stereocenters. The fourth-order valence-corrected chi connectivity index (χ4v) is 2.27. The van der Waals surface area contributed by atoms with Crippen molar-refractivity contribution >= 4 is 23.4 Å². The Morgan fingerprint density at radius 2 is 2.31 bits per heavy atom. The van der Waals surface area contributed by atoms with E-state index in [1.165, 1.54) is 18.9 Å². The van der Waals surface area contributed by atoms with Gasteiger partial charge < -0.3 is 15.6 Å². The van der Waals surface area contributed by atoms with Crippen LogP contribution >= 0.6 is 11.8 Å². The van der Waals surface area contributed by atoms with Gasteiger partial charge in [0.1, 0.15) is 5.25 Å². The first-order valence-corrected chi connectivity index (χ1v) is 5.67. The van der Waals surface area contributed by atoms with Crippen LogP contribution in [-0.2, 0) is 9.53 Å². The molecular weight excluding hydrogens is 226 g/mol. The van der Waals surface area contributed by atoms with Crippen LogP contribution in [-0.4, -0.2) is 30.0 Å². The number of hydrogen-bond donors (Lipinski definition) is 2. The number of anilines is 1. The Labute approximate surface area is 98.8 Å². The summed E-state index contributed by atoms with van der Waals surface area (Å²) < 4.78 is 4.87. The molecule has 3 N–H and O–H groups in total. The van der Waals surface area contributed by atoms with Crippen LogP contribution in [0.4, 0.5) is 5.69 Å². The lowest BCUT2D eigenvalue weighted by Crippen LogP contribution is -2.21. The van der Waals surface area contributed by atoms with E-state index in [0.29, 0.717) is 5.69 Å². The molecule has 0 aliphatic carbocycles. The summed E-state index contributed by atoms with van der Waals surface area (Å²) in [5.74, 6) is -0.881. The van der Waals surface area contributed by atoms with Gasteiger partial charge >= 0.3 is 5.97 Å². The highest BCUT2D eigenvalue weighted by atomic mass is 32.2. The van der Waals surface area contributed by atoms with Gasteiger partial charge in [0.25, 0.3) is 0 Å². The molecule has 0 aromatic heterocycles. The van der Waals surface area contributed by atoms with E-state index in [0.717, 1.165) is 10.5 Å². The number of nitrogens with two attached hydrogens (primary N) is 1. The molecule has 1 aromatic carbocycles. The number of ether oxygens (including phenoxy) is 1. The number of thioether (sulfide) groups is 1. The molecule has 5 heteroatoms. The van der Waals surface area contributed by atoms with Crippen LogP contribution in [0.5, 0.6) is 0 Å². The van der Waals surface area contributed by atoms with Gasteiger partial charge in [0, 0.05) is 17.7 Å². The van der Waals surface area contributed by atoms with E-state index in [9.17, 15) is 4.79 Å². The van der Waals surface area contributed by atoms with E-state index < -0.39 is 11.2 Å². The van der Waals surface area contributed by atoms with Crippen LogP contribution in [0.1, 0.15) is 5.56 Å². The van der Waals surface area contributed by atoms with Gasteiger partial charge in [0.15, 0.2) is 0 Å². The third kappa shape index (κ3) is 3.43. The molecule has 0 aliphatic heterocycles. The number of rotatable bonds is 5. The second kappa shape index (κ2) is 5.77. The van der Waals surface area contributed by atoms with Crippen LogP contribution in [0.3, 0.4) is 0 Å². The van der Waals surface area contributed by atoms with Crippen molar-refractivity contribution in [3.63, 3.8) is 0 Å². The number of carboxylic acid groups (broad SMARTS) is 1. The van der Waals surface area contributed by atoms with E-state index in [1.807, 2.05) is 13.0 Å². The zero-order valence-electron chi connectivity index (χ0n) is 9.27. The maximum Gasteiger partial charge on any atom is 0.319 e. The fraction of sp³-hybridized carbons (Fsp3) is 0.364. The van der Waals surface area contributed by atoms with Gasteiger partial charge in [-0.2, -0.15) is 0 Å². The minimum absolute atomic E-state index is 0.175. The van der Waals surface area contributed by atoms with Gasteiger partial charge in [-0.3, -0.25) is 4.79 Å². The summed E-state index contributed by atoms with van der Waals surface area (Å²) in [6.07, 6.45) is 0. The molecule has 0 saturated heterocycles. The smallest absolute Gasteiger partial charge is 0.319 e. The van der Waals surface area contributed by atoms with E-state index in [-0.39, 0.29) is 6.61 Å². The van der Waals surface area contributed by atoms with Crippen LogP contribution in [0, 0.1) is 6.92 Å². The summed E-state index contributed by atoms with van der Waals surface area (Å²) in [7, 11) is 1.49. The molecule has 0 aliphatic rings. The highest BCUT2D eigenvalue weighted by Crippen LogP contribution is 2.28. The summed E-state index contributed by atoms with van der Waals surface area (Å²) in [4.78, 5) is 11.8. The van der Waals surface area contributed by atoms with E-state index in [2.05, 4.69) is 0 Å². The normalized spacial score (nSPS) is 12.4. The third-order valence-electron chi connectivity index (χ3n) is 2.07. The van der Waals surface area contributed by atoms with Crippen molar-refractivity contribution in [1.82, 2.24) is 0 Å². The van der Waals surface area contributed by atoms with Gasteiger partial charge in [-0.1, -0.05) is 6.07 Å². The van der Waals surface area contributed by atoms with Crippen molar-refractivity contribution in [1.29, 1.82) is 0 Å². The maximum atomic E-state index is 11.0. The quantitative estimate of drug-likeness (QED) is 0.607. The van der Waals surface area contributed by atoms with Crippen molar-refractivity contribution in [2.75, 3.05) is 19.5 Å². The SMILES string of the molecule is COCC(Sc1cc(N)ccc1C)C(=O)O.